The predicted molar refractivity (Wildman–Crippen MR) is 74.9 cm³/mol. The minimum Gasteiger partial charge on any atom is -0.325 e. The summed E-state index contributed by atoms with van der Waals surface area (Å²) < 4.78 is 37.3. The molecule has 0 spiro atoms. The number of alkyl halides is 3. The van der Waals surface area contributed by atoms with Crippen molar-refractivity contribution in [2.45, 2.75) is 25.9 Å². The molecule has 1 aliphatic heterocycles. The Morgan fingerprint density at radius 3 is 2.57 bits per heavy atom. The second-order valence-corrected chi connectivity index (χ2v) is 5.61. The molecule has 1 atom stereocenters. The number of nitrogens with zero attached hydrogens (tertiary/aromatic N) is 1. The van der Waals surface area contributed by atoms with E-state index in [0.717, 1.165) is 31.6 Å². The molecule has 1 aromatic rings. The molecule has 21 heavy (non-hydrogen) atoms. The third-order valence-electron chi connectivity index (χ3n) is 3.60. The zero-order chi connectivity index (χ0) is 15.5. The lowest BCUT2D eigenvalue weighted by Gasteiger charge is -2.30. The summed E-state index contributed by atoms with van der Waals surface area (Å²) >= 11 is 0. The number of hydrogen-bond acceptors (Lipinski definition) is 2. The molecule has 0 saturated carbocycles. The maximum atomic E-state index is 12.4. The van der Waals surface area contributed by atoms with E-state index in [4.69, 9.17) is 0 Å². The molecule has 1 aromatic carbocycles. The lowest BCUT2D eigenvalue weighted by molar-refractivity contribution is -0.137. The van der Waals surface area contributed by atoms with Crippen LogP contribution in [-0.2, 0) is 11.0 Å². The fourth-order valence-corrected chi connectivity index (χ4v) is 2.58. The van der Waals surface area contributed by atoms with Gasteiger partial charge in [-0.2, -0.15) is 13.2 Å². The van der Waals surface area contributed by atoms with E-state index < -0.39 is 11.7 Å². The first-order valence-corrected chi connectivity index (χ1v) is 7.04. The van der Waals surface area contributed by atoms with Gasteiger partial charge in [0.15, 0.2) is 0 Å². The van der Waals surface area contributed by atoms with Crippen molar-refractivity contribution >= 4 is 11.6 Å². The van der Waals surface area contributed by atoms with Gasteiger partial charge in [0, 0.05) is 12.2 Å². The molecular formula is C15H19F3N2O. The molecule has 2 rings (SSSR count). The molecule has 116 valence electrons. The number of likely N-dealkylation sites (tertiary alicyclic amines) is 1. The second kappa shape index (κ2) is 6.47. The van der Waals surface area contributed by atoms with Crippen LogP contribution in [0.4, 0.5) is 18.9 Å². The summed E-state index contributed by atoms with van der Waals surface area (Å²) in [6.07, 6.45) is -2.10. The van der Waals surface area contributed by atoms with Crippen molar-refractivity contribution in [3.8, 4) is 0 Å². The number of anilines is 1. The topological polar surface area (TPSA) is 32.3 Å². The fourth-order valence-electron chi connectivity index (χ4n) is 2.58. The summed E-state index contributed by atoms with van der Waals surface area (Å²) in [6, 6.07) is 4.50. The monoisotopic (exact) mass is 300 g/mol. The SMILES string of the molecule is C[C@H]1CCCN(CC(=O)Nc2ccc(C(F)(F)F)cc2)C1. The standard InChI is InChI=1S/C15H19F3N2O/c1-11-3-2-8-20(9-11)10-14(21)19-13-6-4-12(5-7-13)15(16,17)18/h4-7,11H,2-3,8-10H2,1H3,(H,19,21)/t11-/m0/s1. The van der Waals surface area contributed by atoms with Crippen molar-refractivity contribution in [1.82, 2.24) is 4.90 Å². The van der Waals surface area contributed by atoms with Crippen LogP contribution in [0.3, 0.4) is 0 Å². The van der Waals surface area contributed by atoms with Gasteiger partial charge in [0.05, 0.1) is 12.1 Å². The number of amides is 1. The molecule has 6 heteroatoms. The van der Waals surface area contributed by atoms with Crippen molar-refractivity contribution in [2.75, 3.05) is 25.0 Å². The molecule has 1 fully saturated rings. The first-order chi connectivity index (χ1) is 9.84. The molecule has 1 saturated heterocycles. The quantitative estimate of drug-likeness (QED) is 0.928. The Morgan fingerprint density at radius 2 is 2.00 bits per heavy atom. The van der Waals surface area contributed by atoms with Gasteiger partial charge in [-0.1, -0.05) is 6.92 Å². The number of hydrogen-bond donors (Lipinski definition) is 1. The van der Waals surface area contributed by atoms with Gasteiger partial charge in [0.2, 0.25) is 5.91 Å². The molecule has 0 radical (unpaired) electrons. The van der Waals surface area contributed by atoms with Gasteiger partial charge in [0.25, 0.3) is 0 Å². The highest BCUT2D eigenvalue weighted by molar-refractivity contribution is 5.92. The van der Waals surface area contributed by atoms with E-state index in [-0.39, 0.29) is 12.5 Å². The lowest BCUT2D eigenvalue weighted by Crippen LogP contribution is -2.39. The van der Waals surface area contributed by atoms with Crippen LogP contribution in [0, 0.1) is 5.92 Å². The smallest absolute Gasteiger partial charge is 0.325 e. The Labute approximate surface area is 122 Å². The van der Waals surface area contributed by atoms with Crippen LogP contribution < -0.4 is 5.32 Å². The first kappa shape index (κ1) is 15.8. The van der Waals surface area contributed by atoms with Crippen molar-refractivity contribution in [3.63, 3.8) is 0 Å². The zero-order valence-corrected chi connectivity index (χ0v) is 11.9. The second-order valence-electron chi connectivity index (χ2n) is 5.61. The molecule has 1 heterocycles. The van der Waals surface area contributed by atoms with Gasteiger partial charge in [0.1, 0.15) is 0 Å². The number of nitrogens with one attached hydrogen (secondary N) is 1. The molecule has 1 amide bonds. The highest BCUT2D eigenvalue weighted by atomic mass is 19.4. The molecule has 0 bridgehead atoms. The third-order valence-corrected chi connectivity index (χ3v) is 3.60. The minimum atomic E-state index is -4.35. The Kier molecular flexibility index (Phi) is 4.88. The van der Waals surface area contributed by atoms with Crippen LogP contribution in [0.15, 0.2) is 24.3 Å². The molecule has 1 aliphatic rings. The Morgan fingerprint density at radius 1 is 1.33 bits per heavy atom. The minimum absolute atomic E-state index is 0.191. The Bertz CT molecular complexity index is 485. The number of rotatable bonds is 3. The Balaban J connectivity index is 1.87. The molecule has 3 nitrogen and oxygen atoms in total. The van der Waals surface area contributed by atoms with Gasteiger partial charge in [-0.05, 0) is 49.6 Å². The predicted octanol–water partition coefficient (Wildman–Crippen LogP) is 3.38. The average Bonchev–Trinajstić information content (AvgIpc) is 2.38. The summed E-state index contributed by atoms with van der Waals surface area (Å²) in [5, 5.41) is 2.63. The lowest BCUT2D eigenvalue weighted by atomic mass is 10.0. The summed E-state index contributed by atoms with van der Waals surface area (Å²) in [7, 11) is 0. The van der Waals surface area contributed by atoms with E-state index >= 15 is 0 Å². The largest absolute Gasteiger partial charge is 0.416 e. The van der Waals surface area contributed by atoms with E-state index in [9.17, 15) is 18.0 Å². The third kappa shape index (κ3) is 4.74. The maximum Gasteiger partial charge on any atom is 0.416 e. The molecule has 0 unspecified atom stereocenters. The summed E-state index contributed by atoms with van der Waals surface area (Å²) in [6.45, 7) is 4.22. The van der Waals surface area contributed by atoms with Crippen molar-refractivity contribution < 1.29 is 18.0 Å². The van der Waals surface area contributed by atoms with Gasteiger partial charge in [-0.15, -0.1) is 0 Å². The summed E-state index contributed by atoms with van der Waals surface area (Å²) in [5.74, 6) is 0.390. The fraction of sp³-hybridized carbons (Fsp3) is 0.533. The highest BCUT2D eigenvalue weighted by Crippen LogP contribution is 2.29. The molecular weight excluding hydrogens is 281 g/mol. The number of benzene rings is 1. The highest BCUT2D eigenvalue weighted by Gasteiger charge is 2.30. The average molecular weight is 300 g/mol. The van der Waals surface area contributed by atoms with Crippen LogP contribution >= 0.6 is 0 Å². The molecule has 0 aliphatic carbocycles. The maximum absolute atomic E-state index is 12.4. The van der Waals surface area contributed by atoms with Gasteiger partial charge in [-0.3, -0.25) is 9.69 Å². The van der Waals surface area contributed by atoms with Crippen molar-refractivity contribution in [3.05, 3.63) is 29.8 Å². The summed E-state index contributed by atoms with van der Waals surface area (Å²) in [4.78, 5) is 14.0. The van der Waals surface area contributed by atoms with Crippen LogP contribution in [-0.4, -0.2) is 30.4 Å². The van der Waals surface area contributed by atoms with Gasteiger partial charge in [-0.25, -0.2) is 0 Å². The Hall–Kier alpha value is -1.56. The number of halogens is 3. The van der Waals surface area contributed by atoms with Gasteiger partial charge < -0.3 is 5.32 Å². The van der Waals surface area contributed by atoms with Crippen molar-refractivity contribution in [2.24, 2.45) is 5.92 Å². The molecule has 0 aromatic heterocycles. The van der Waals surface area contributed by atoms with Crippen molar-refractivity contribution in [1.29, 1.82) is 0 Å². The first-order valence-electron chi connectivity index (χ1n) is 7.04. The summed E-state index contributed by atoms with van der Waals surface area (Å²) in [5.41, 5.74) is -0.330. The normalized spacial score (nSPS) is 20.3. The van der Waals surface area contributed by atoms with Crippen LogP contribution in [0.2, 0.25) is 0 Å². The number of carbonyl (C=O) groups is 1. The number of carbonyl (C=O) groups excluding carboxylic acids is 1. The van der Waals surface area contributed by atoms with E-state index in [0.29, 0.717) is 11.6 Å². The van der Waals surface area contributed by atoms with Crippen LogP contribution in [0.25, 0.3) is 0 Å². The van der Waals surface area contributed by atoms with Gasteiger partial charge >= 0.3 is 6.18 Å². The van der Waals surface area contributed by atoms with E-state index in [2.05, 4.69) is 17.1 Å². The van der Waals surface area contributed by atoms with E-state index in [1.807, 2.05) is 0 Å². The molecule has 1 N–H and O–H groups in total. The van der Waals surface area contributed by atoms with Crippen LogP contribution in [0.5, 0.6) is 0 Å². The van der Waals surface area contributed by atoms with E-state index in [1.54, 1.807) is 0 Å². The number of piperidine rings is 1. The van der Waals surface area contributed by atoms with Crippen LogP contribution in [0.1, 0.15) is 25.3 Å². The zero-order valence-electron chi connectivity index (χ0n) is 11.9. The van der Waals surface area contributed by atoms with E-state index in [1.165, 1.54) is 18.6 Å².